The maximum absolute atomic E-state index is 13.7. The van der Waals surface area contributed by atoms with Crippen molar-refractivity contribution in [2.45, 2.75) is 25.8 Å². The molecule has 1 heterocycles. The van der Waals surface area contributed by atoms with Gasteiger partial charge in [-0.15, -0.1) is 6.07 Å². The Balaban J connectivity index is 0.00000200. The Morgan fingerprint density at radius 3 is 2.60 bits per heavy atom. The van der Waals surface area contributed by atoms with Gasteiger partial charge in [0.15, 0.2) is 0 Å². The van der Waals surface area contributed by atoms with Crippen molar-refractivity contribution in [1.82, 2.24) is 5.32 Å². The second-order valence-corrected chi connectivity index (χ2v) is 4.29. The zero-order valence-electron chi connectivity index (χ0n) is 10.9. The summed E-state index contributed by atoms with van der Waals surface area (Å²) >= 11 is 0. The summed E-state index contributed by atoms with van der Waals surface area (Å²) < 4.78 is 27.3. The number of halogens is 2. The van der Waals surface area contributed by atoms with Gasteiger partial charge in [0, 0.05) is 50.6 Å². The van der Waals surface area contributed by atoms with Gasteiger partial charge in [0.25, 0.3) is 0 Å². The van der Waals surface area contributed by atoms with E-state index in [1.807, 2.05) is 0 Å². The summed E-state index contributed by atoms with van der Waals surface area (Å²) in [4.78, 5) is 22.5. The van der Waals surface area contributed by atoms with Crippen LogP contribution in [0.4, 0.5) is 14.5 Å². The van der Waals surface area contributed by atoms with E-state index in [2.05, 4.69) is 10.6 Å². The van der Waals surface area contributed by atoms with E-state index in [4.69, 9.17) is 0 Å². The van der Waals surface area contributed by atoms with Crippen LogP contribution in [0.2, 0.25) is 0 Å². The van der Waals surface area contributed by atoms with Gasteiger partial charge in [-0.3, -0.25) is 19.3 Å². The number of carbonyl (C=O) groups excluding carboxylic acids is 2. The van der Waals surface area contributed by atoms with Gasteiger partial charge in [-0.05, 0) is 6.42 Å². The van der Waals surface area contributed by atoms with Crippen molar-refractivity contribution in [2.75, 3.05) is 5.32 Å². The van der Waals surface area contributed by atoms with Crippen LogP contribution in [0.15, 0.2) is 12.1 Å². The maximum atomic E-state index is 13.7. The first-order valence-corrected chi connectivity index (χ1v) is 5.90. The monoisotopic (exact) mass is 356 g/mol. The van der Waals surface area contributed by atoms with Crippen LogP contribution in [0.25, 0.3) is 0 Å². The third-order valence-electron chi connectivity index (χ3n) is 2.97. The van der Waals surface area contributed by atoms with Gasteiger partial charge in [-0.1, -0.05) is 13.0 Å². The number of benzene rings is 1. The molecule has 1 radical (unpaired) electrons. The van der Waals surface area contributed by atoms with Crippen molar-refractivity contribution in [1.29, 1.82) is 0 Å². The minimum Gasteiger partial charge on any atom is -0.373 e. The molecular weight excluding hydrogens is 343 g/mol. The van der Waals surface area contributed by atoms with Crippen molar-refractivity contribution in [3.05, 3.63) is 35.8 Å². The smallest absolute Gasteiger partial charge is 0.249 e. The standard InChI is InChI=1S/C13H13F2N2O2.Y/c1-2-7-5-9(15)11(6-8(7)14)16-10-3-4-12(18)17-13(10)19;/h2,5-6,10,16H,3-4H2,1H3,(H,17,18,19);/q-1;. The van der Waals surface area contributed by atoms with Crippen molar-refractivity contribution in [2.24, 2.45) is 0 Å². The second kappa shape index (κ2) is 7.13. The molecule has 0 bridgehead atoms. The largest absolute Gasteiger partial charge is 0.373 e. The van der Waals surface area contributed by atoms with Crippen LogP contribution < -0.4 is 10.6 Å². The molecule has 1 aliphatic rings. The number of nitrogens with one attached hydrogen (secondary N) is 2. The molecule has 1 aromatic carbocycles. The SMILES string of the molecule is C[CH-]c1cc(F)c(NC2CCC(=O)NC2=O)cc1F.[Y]. The van der Waals surface area contributed by atoms with Gasteiger partial charge in [-0.25, -0.2) is 4.39 Å². The molecule has 1 atom stereocenters. The molecule has 1 saturated heterocycles. The molecule has 1 aromatic rings. The molecule has 2 amide bonds. The van der Waals surface area contributed by atoms with E-state index in [9.17, 15) is 18.4 Å². The third-order valence-corrected chi connectivity index (χ3v) is 2.97. The van der Waals surface area contributed by atoms with Crippen LogP contribution >= 0.6 is 0 Å². The van der Waals surface area contributed by atoms with E-state index in [1.54, 1.807) is 6.92 Å². The average Bonchev–Trinajstić information content (AvgIpc) is 2.36. The Hall–Kier alpha value is -1.01. The van der Waals surface area contributed by atoms with E-state index in [0.717, 1.165) is 12.1 Å². The van der Waals surface area contributed by atoms with Crippen molar-refractivity contribution in [3.8, 4) is 0 Å². The van der Waals surface area contributed by atoms with E-state index < -0.39 is 23.6 Å². The normalized spacial score (nSPS) is 18.1. The average molecular weight is 356 g/mol. The van der Waals surface area contributed by atoms with E-state index in [1.165, 1.54) is 6.42 Å². The molecule has 0 aliphatic carbocycles. The number of amides is 2. The molecule has 20 heavy (non-hydrogen) atoms. The number of hydrogen-bond donors (Lipinski definition) is 2. The predicted molar refractivity (Wildman–Crippen MR) is 65.2 cm³/mol. The second-order valence-electron chi connectivity index (χ2n) is 4.29. The molecule has 1 fully saturated rings. The number of imide groups is 1. The molecule has 2 rings (SSSR count). The van der Waals surface area contributed by atoms with Gasteiger partial charge in [0.05, 0.1) is 5.82 Å². The zero-order chi connectivity index (χ0) is 14.0. The number of carbonyl (C=O) groups is 2. The zero-order valence-corrected chi connectivity index (χ0v) is 13.7. The van der Waals surface area contributed by atoms with Gasteiger partial charge in [0.1, 0.15) is 6.04 Å². The number of anilines is 1. The van der Waals surface area contributed by atoms with Crippen molar-refractivity contribution >= 4 is 17.5 Å². The minimum atomic E-state index is -0.733. The Kier molecular flexibility index (Phi) is 6.08. The fraction of sp³-hybridized carbons (Fsp3) is 0.308. The predicted octanol–water partition coefficient (Wildman–Crippen LogP) is 1.75. The first kappa shape index (κ1) is 17.0. The Morgan fingerprint density at radius 1 is 1.30 bits per heavy atom. The molecule has 105 valence electrons. The summed E-state index contributed by atoms with van der Waals surface area (Å²) in [6.45, 7) is 1.60. The molecule has 7 heteroatoms. The van der Waals surface area contributed by atoms with Crippen LogP contribution in [0.1, 0.15) is 25.3 Å². The summed E-state index contributed by atoms with van der Waals surface area (Å²) in [5.74, 6) is -2.09. The molecule has 4 nitrogen and oxygen atoms in total. The van der Waals surface area contributed by atoms with Gasteiger partial charge in [0.2, 0.25) is 11.8 Å². The van der Waals surface area contributed by atoms with Gasteiger partial charge >= 0.3 is 0 Å². The van der Waals surface area contributed by atoms with Crippen LogP contribution in [0, 0.1) is 18.1 Å². The molecule has 1 aliphatic heterocycles. The summed E-state index contributed by atoms with van der Waals surface area (Å²) in [6, 6.07) is 1.33. The number of hydrogen-bond acceptors (Lipinski definition) is 3. The summed E-state index contributed by atoms with van der Waals surface area (Å²) in [6.07, 6.45) is 1.88. The van der Waals surface area contributed by atoms with Crippen LogP contribution in [0.3, 0.4) is 0 Å². The van der Waals surface area contributed by atoms with Crippen molar-refractivity contribution < 1.29 is 51.1 Å². The first-order valence-electron chi connectivity index (χ1n) is 5.90. The Bertz CT molecular complexity index is 537. The van der Waals surface area contributed by atoms with Gasteiger partial charge < -0.3 is 5.32 Å². The molecule has 2 N–H and O–H groups in total. The summed E-state index contributed by atoms with van der Waals surface area (Å²) in [5.41, 5.74) is 0.0731. The van der Waals surface area contributed by atoms with Gasteiger partial charge in [-0.2, -0.15) is 12.0 Å². The minimum absolute atomic E-state index is 0. The number of piperidine rings is 1. The van der Waals surface area contributed by atoms with Crippen LogP contribution in [0.5, 0.6) is 0 Å². The quantitative estimate of drug-likeness (QED) is 0.641. The topological polar surface area (TPSA) is 58.2 Å². The fourth-order valence-corrected chi connectivity index (χ4v) is 1.91. The fourth-order valence-electron chi connectivity index (χ4n) is 1.91. The summed E-state index contributed by atoms with van der Waals surface area (Å²) in [5, 5.41) is 4.76. The Labute approximate surface area is 140 Å². The molecular formula is C13H13F2N2O2Y-. The molecule has 1 unspecified atom stereocenters. The van der Waals surface area contributed by atoms with Crippen LogP contribution in [-0.2, 0) is 42.3 Å². The van der Waals surface area contributed by atoms with E-state index in [-0.39, 0.29) is 62.7 Å². The maximum Gasteiger partial charge on any atom is 0.249 e. The van der Waals surface area contributed by atoms with E-state index >= 15 is 0 Å². The first-order chi connectivity index (χ1) is 9.01. The summed E-state index contributed by atoms with van der Waals surface area (Å²) in [7, 11) is 0. The molecule has 0 aromatic heterocycles. The molecule has 0 saturated carbocycles. The van der Waals surface area contributed by atoms with Crippen LogP contribution in [-0.4, -0.2) is 17.9 Å². The Morgan fingerprint density at radius 2 is 2.00 bits per heavy atom. The molecule has 0 spiro atoms. The van der Waals surface area contributed by atoms with Crippen molar-refractivity contribution in [3.63, 3.8) is 0 Å². The number of rotatable bonds is 3. The van der Waals surface area contributed by atoms with E-state index in [0.29, 0.717) is 0 Å². The third kappa shape index (κ3) is 3.76.